The summed E-state index contributed by atoms with van der Waals surface area (Å²) in [6.07, 6.45) is 1.34. The second-order valence-corrected chi connectivity index (χ2v) is 8.88. The van der Waals surface area contributed by atoms with Gasteiger partial charge in [0.2, 0.25) is 0 Å². The standard InChI is InChI=1S/C20H24N2O7S/c1-12(22-19(24)16-17(23)15(28-3)10-11-21-16)20(25)29-13(2)18(30(4,26)27)14-8-6-5-7-9-14/h5-13,18,23H,1-4H3,(H,22,24)/t12-,13-,18-/m0/s1. The molecule has 3 atom stereocenters. The summed E-state index contributed by atoms with van der Waals surface area (Å²) in [5, 5.41) is 11.3. The second kappa shape index (κ2) is 9.57. The van der Waals surface area contributed by atoms with Crippen molar-refractivity contribution in [1.29, 1.82) is 0 Å². The third-order valence-electron chi connectivity index (χ3n) is 4.34. The van der Waals surface area contributed by atoms with Crippen molar-refractivity contribution in [2.75, 3.05) is 13.4 Å². The summed E-state index contributed by atoms with van der Waals surface area (Å²) in [7, 11) is -2.27. The minimum atomic E-state index is -3.59. The lowest BCUT2D eigenvalue weighted by molar-refractivity contribution is -0.150. The summed E-state index contributed by atoms with van der Waals surface area (Å²) in [6, 6.07) is 8.66. The van der Waals surface area contributed by atoms with Crippen LogP contribution in [0.1, 0.15) is 35.1 Å². The van der Waals surface area contributed by atoms with E-state index in [1.807, 2.05) is 0 Å². The Morgan fingerprint density at radius 2 is 1.77 bits per heavy atom. The van der Waals surface area contributed by atoms with Gasteiger partial charge in [0.25, 0.3) is 5.91 Å². The van der Waals surface area contributed by atoms with Crippen LogP contribution in [0, 0.1) is 0 Å². The van der Waals surface area contributed by atoms with Crippen LogP contribution in [0.4, 0.5) is 0 Å². The number of rotatable bonds is 8. The molecular weight excluding hydrogens is 412 g/mol. The molecule has 0 radical (unpaired) electrons. The third-order valence-corrected chi connectivity index (χ3v) is 5.92. The molecule has 1 amide bonds. The normalized spacial score (nSPS) is 14.3. The largest absolute Gasteiger partial charge is 0.503 e. The maximum atomic E-state index is 12.5. The summed E-state index contributed by atoms with van der Waals surface area (Å²) < 4.78 is 34.8. The Morgan fingerprint density at radius 1 is 1.13 bits per heavy atom. The fraction of sp³-hybridized carbons (Fsp3) is 0.350. The second-order valence-electron chi connectivity index (χ2n) is 6.71. The molecule has 10 heteroatoms. The zero-order valence-electron chi connectivity index (χ0n) is 17.0. The predicted octanol–water partition coefficient (Wildman–Crippen LogP) is 1.63. The maximum Gasteiger partial charge on any atom is 0.328 e. The summed E-state index contributed by atoms with van der Waals surface area (Å²) in [5.74, 6) is -2.06. The molecule has 0 fully saturated rings. The Balaban J connectivity index is 2.12. The van der Waals surface area contributed by atoms with E-state index in [0.29, 0.717) is 5.56 Å². The highest BCUT2D eigenvalue weighted by atomic mass is 32.2. The lowest BCUT2D eigenvalue weighted by atomic mass is 10.1. The average Bonchev–Trinajstić information content (AvgIpc) is 2.67. The molecule has 0 aliphatic heterocycles. The summed E-state index contributed by atoms with van der Waals surface area (Å²) in [4.78, 5) is 28.6. The van der Waals surface area contributed by atoms with Gasteiger partial charge in [-0.3, -0.25) is 4.79 Å². The van der Waals surface area contributed by atoms with Gasteiger partial charge >= 0.3 is 5.97 Å². The number of nitrogens with one attached hydrogen (secondary N) is 1. The fourth-order valence-electron chi connectivity index (χ4n) is 2.95. The van der Waals surface area contributed by atoms with Gasteiger partial charge in [0.15, 0.2) is 27.0 Å². The zero-order valence-corrected chi connectivity index (χ0v) is 17.8. The number of hydrogen-bond acceptors (Lipinski definition) is 8. The quantitative estimate of drug-likeness (QED) is 0.597. The Kier molecular flexibility index (Phi) is 7.38. The number of carbonyl (C=O) groups is 2. The number of carbonyl (C=O) groups excluding carboxylic acids is 2. The number of nitrogens with zero attached hydrogens (tertiary/aromatic N) is 1. The van der Waals surface area contributed by atoms with Crippen molar-refractivity contribution >= 4 is 21.7 Å². The SMILES string of the molecule is COc1ccnc(C(=O)N[C@@H](C)C(=O)O[C@@H](C)[C@@H](c2ccccc2)S(C)(=O)=O)c1O. The molecule has 0 saturated heterocycles. The summed E-state index contributed by atoms with van der Waals surface area (Å²) in [6.45, 7) is 2.85. The van der Waals surface area contributed by atoms with E-state index in [-0.39, 0.29) is 11.4 Å². The monoisotopic (exact) mass is 436 g/mol. The topological polar surface area (TPSA) is 132 Å². The highest BCUT2D eigenvalue weighted by Crippen LogP contribution is 2.28. The summed E-state index contributed by atoms with van der Waals surface area (Å²) in [5.41, 5.74) is 0.169. The molecule has 0 aliphatic carbocycles. The minimum Gasteiger partial charge on any atom is -0.503 e. The fourth-order valence-corrected chi connectivity index (χ4v) is 4.35. The zero-order chi connectivity index (χ0) is 22.5. The molecule has 2 rings (SSSR count). The first-order valence-electron chi connectivity index (χ1n) is 9.03. The van der Waals surface area contributed by atoms with E-state index in [1.54, 1.807) is 30.3 Å². The van der Waals surface area contributed by atoms with Gasteiger partial charge in [-0.15, -0.1) is 0 Å². The van der Waals surface area contributed by atoms with Crippen LogP contribution < -0.4 is 10.1 Å². The van der Waals surface area contributed by atoms with Crippen molar-refractivity contribution in [2.45, 2.75) is 31.2 Å². The Bertz CT molecular complexity index is 1010. The number of methoxy groups -OCH3 is 1. The predicted molar refractivity (Wildman–Crippen MR) is 109 cm³/mol. The molecular formula is C20H24N2O7S. The Labute approximate surface area is 175 Å². The van der Waals surface area contributed by atoms with Crippen LogP contribution in [0.3, 0.4) is 0 Å². The van der Waals surface area contributed by atoms with Crippen LogP contribution in [0.15, 0.2) is 42.6 Å². The molecule has 2 N–H and O–H groups in total. The highest BCUT2D eigenvalue weighted by molar-refractivity contribution is 7.91. The summed E-state index contributed by atoms with van der Waals surface area (Å²) >= 11 is 0. The van der Waals surface area contributed by atoms with Gasteiger partial charge in [-0.25, -0.2) is 18.2 Å². The number of pyridine rings is 1. The van der Waals surface area contributed by atoms with E-state index in [1.165, 1.54) is 33.2 Å². The molecule has 0 unspecified atom stereocenters. The third kappa shape index (κ3) is 5.47. The van der Waals surface area contributed by atoms with Crippen molar-refractivity contribution in [1.82, 2.24) is 10.3 Å². The van der Waals surface area contributed by atoms with E-state index >= 15 is 0 Å². The number of aromatic hydroxyl groups is 1. The van der Waals surface area contributed by atoms with E-state index in [0.717, 1.165) is 6.26 Å². The number of amides is 1. The van der Waals surface area contributed by atoms with Crippen LogP contribution >= 0.6 is 0 Å². The molecule has 1 aromatic heterocycles. The van der Waals surface area contributed by atoms with E-state index in [9.17, 15) is 23.1 Å². The number of aromatic nitrogens is 1. The van der Waals surface area contributed by atoms with Crippen molar-refractivity contribution in [3.05, 3.63) is 53.9 Å². The van der Waals surface area contributed by atoms with Crippen molar-refractivity contribution in [3.63, 3.8) is 0 Å². The van der Waals surface area contributed by atoms with Crippen LogP contribution in [-0.4, -0.2) is 55.9 Å². The molecule has 1 heterocycles. The van der Waals surface area contributed by atoms with Gasteiger partial charge in [0.1, 0.15) is 17.4 Å². The Hall–Kier alpha value is -3.14. The van der Waals surface area contributed by atoms with Gasteiger partial charge in [-0.2, -0.15) is 0 Å². The van der Waals surface area contributed by atoms with Gasteiger partial charge in [-0.05, 0) is 19.4 Å². The van der Waals surface area contributed by atoms with Gasteiger partial charge in [0, 0.05) is 18.5 Å². The first-order chi connectivity index (χ1) is 14.1. The first kappa shape index (κ1) is 23.1. The lowest BCUT2D eigenvalue weighted by Gasteiger charge is -2.24. The van der Waals surface area contributed by atoms with Gasteiger partial charge in [-0.1, -0.05) is 30.3 Å². The number of benzene rings is 1. The number of hydrogen-bond donors (Lipinski definition) is 2. The number of ether oxygens (including phenoxy) is 2. The molecule has 0 saturated carbocycles. The molecule has 0 bridgehead atoms. The van der Waals surface area contributed by atoms with Crippen LogP contribution in [0.5, 0.6) is 11.5 Å². The molecule has 30 heavy (non-hydrogen) atoms. The number of sulfone groups is 1. The molecule has 0 spiro atoms. The maximum absolute atomic E-state index is 12.5. The van der Waals surface area contributed by atoms with Crippen molar-refractivity contribution < 1.29 is 32.6 Å². The first-order valence-corrected chi connectivity index (χ1v) is 11.0. The molecule has 9 nitrogen and oxygen atoms in total. The van der Waals surface area contributed by atoms with E-state index < -0.39 is 44.9 Å². The van der Waals surface area contributed by atoms with Crippen LogP contribution in [0.2, 0.25) is 0 Å². The van der Waals surface area contributed by atoms with E-state index in [2.05, 4.69) is 10.3 Å². The van der Waals surface area contributed by atoms with Crippen molar-refractivity contribution in [2.24, 2.45) is 0 Å². The molecule has 2 aromatic rings. The minimum absolute atomic E-state index is 0.0536. The Morgan fingerprint density at radius 3 is 2.33 bits per heavy atom. The average molecular weight is 436 g/mol. The van der Waals surface area contributed by atoms with Crippen molar-refractivity contribution in [3.8, 4) is 11.5 Å². The van der Waals surface area contributed by atoms with Crippen LogP contribution in [-0.2, 0) is 19.4 Å². The highest BCUT2D eigenvalue weighted by Gasteiger charge is 2.33. The van der Waals surface area contributed by atoms with Crippen LogP contribution in [0.25, 0.3) is 0 Å². The van der Waals surface area contributed by atoms with Gasteiger partial charge < -0.3 is 19.9 Å². The number of esters is 1. The smallest absolute Gasteiger partial charge is 0.328 e. The van der Waals surface area contributed by atoms with E-state index in [4.69, 9.17) is 9.47 Å². The molecule has 162 valence electrons. The molecule has 1 aromatic carbocycles. The van der Waals surface area contributed by atoms with Gasteiger partial charge in [0.05, 0.1) is 7.11 Å². The lowest BCUT2D eigenvalue weighted by Crippen LogP contribution is -2.42. The molecule has 0 aliphatic rings.